The van der Waals surface area contributed by atoms with Gasteiger partial charge < -0.3 is 21.2 Å². The molecule has 1 aliphatic rings. The number of nitrogens with one attached hydrogen (secondary N) is 1. The average Bonchev–Trinajstić information content (AvgIpc) is 3.26. The van der Waals surface area contributed by atoms with E-state index in [0.717, 1.165) is 25.0 Å². The van der Waals surface area contributed by atoms with Gasteiger partial charge in [-0.1, -0.05) is 5.16 Å². The fourth-order valence-electron chi connectivity index (χ4n) is 1.90. The van der Waals surface area contributed by atoms with Crippen LogP contribution in [0.2, 0.25) is 0 Å². The SMILES string of the molecule is NC(CCN(C(=O)Nc1ccc(F)cc1F)C1CC1)=NO. The maximum Gasteiger partial charge on any atom is 0.322 e. The van der Waals surface area contributed by atoms with E-state index in [2.05, 4.69) is 10.5 Å². The molecule has 0 aliphatic heterocycles. The lowest BCUT2D eigenvalue weighted by Gasteiger charge is -2.22. The van der Waals surface area contributed by atoms with Gasteiger partial charge in [-0.15, -0.1) is 0 Å². The second-order valence-electron chi connectivity index (χ2n) is 4.82. The zero-order valence-corrected chi connectivity index (χ0v) is 11.2. The average molecular weight is 298 g/mol. The maximum absolute atomic E-state index is 13.5. The maximum atomic E-state index is 13.5. The van der Waals surface area contributed by atoms with Crippen molar-refractivity contribution in [2.24, 2.45) is 10.9 Å². The van der Waals surface area contributed by atoms with Crippen molar-refractivity contribution in [2.45, 2.75) is 25.3 Å². The molecule has 6 nitrogen and oxygen atoms in total. The number of amidine groups is 1. The summed E-state index contributed by atoms with van der Waals surface area (Å²) in [6.07, 6.45) is 1.93. The van der Waals surface area contributed by atoms with Crippen molar-refractivity contribution >= 4 is 17.6 Å². The third kappa shape index (κ3) is 4.04. The Hall–Kier alpha value is -2.38. The standard InChI is InChI=1S/C13H16F2N4O2/c14-8-1-4-11(10(15)7-8)17-13(20)19(9-2-3-9)6-5-12(16)18-21/h1,4,7,9,21H,2-3,5-6H2,(H2,16,18)(H,17,20). The van der Waals surface area contributed by atoms with Crippen LogP contribution in [0.4, 0.5) is 19.3 Å². The molecule has 1 aliphatic carbocycles. The van der Waals surface area contributed by atoms with Crippen molar-refractivity contribution in [3.8, 4) is 0 Å². The summed E-state index contributed by atoms with van der Waals surface area (Å²) in [4.78, 5) is 13.6. The first kappa shape index (κ1) is 15.0. The number of halogens is 2. The Bertz CT molecular complexity index is 561. The highest BCUT2D eigenvalue weighted by molar-refractivity contribution is 5.90. The van der Waals surface area contributed by atoms with Gasteiger partial charge in [0.25, 0.3) is 0 Å². The summed E-state index contributed by atoms with van der Waals surface area (Å²) in [7, 11) is 0. The van der Waals surface area contributed by atoms with Crippen LogP contribution in [0.15, 0.2) is 23.4 Å². The number of rotatable bonds is 5. The largest absolute Gasteiger partial charge is 0.409 e. The quantitative estimate of drug-likeness (QED) is 0.336. The lowest BCUT2D eigenvalue weighted by molar-refractivity contribution is 0.210. The van der Waals surface area contributed by atoms with Crippen molar-refractivity contribution in [1.82, 2.24) is 4.90 Å². The molecule has 21 heavy (non-hydrogen) atoms. The summed E-state index contributed by atoms with van der Waals surface area (Å²) in [5, 5.41) is 13.7. The Morgan fingerprint density at radius 2 is 2.19 bits per heavy atom. The van der Waals surface area contributed by atoms with Crippen molar-refractivity contribution in [3.05, 3.63) is 29.8 Å². The van der Waals surface area contributed by atoms with E-state index >= 15 is 0 Å². The highest BCUT2D eigenvalue weighted by atomic mass is 19.1. The number of amides is 2. The normalized spacial score (nSPS) is 14.9. The van der Waals surface area contributed by atoms with E-state index in [1.54, 1.807) is 0 Å². The van der Waals surface area contributed by atoms with Crippen molar-refractivity contribution in [1.29, 1.82) is 0 Å². The van der Waals surface area contributed by atoms with Crippen LogP contribution in [0.3, 0.4) is 0 Å². The molecule has 1 aromatic carbocycles. The van der Waals surface area contributed by atoms with Crippen LogP contribution in [0, 0.1) is 11.6 Å². The number of hydrogen-bond acceptors (Lipinski definition) is 3. The number of nitrogens with two attached hydrogens (primary N) is 1. The molecule has 0 bridgehead atoms. The first-order valence-electron chi connectivity index (χ1n) is 6.50. The van der Waals surface area contributed by atoms with E-state index in [4.69, 9.17) is 10.9 Å². The molecule has 0 unspecified atom stereocenters. The predicted molar refractivity (Wildman–Crippen MR) is 73.1 cm³/mol. The molecule has 114 valence electrons. The van der Waals surface area contributed by atoms with E-state index in [-0.39, 0.29) is 30.5 Å². The van der Waals surface area contributed by atoms with Gasteiger partial charge in [-0.2, -0.15) is 0 Å². The zero-order chi connectivity index (χ0) is 15.4. The predicted octanol–water partition coefficient (Wildman–Crippen LogP) is 2.10. The summed E-state index contributed by atoms with van der Waals surface area (Å²) in [5.74, 6) is -1.53. The van der Waals surface area contributed by atoms with E-state index in [1.165, 1.54) is 4.90 Å². The molecule has 0 aromatic heterocycles. The summed E-state index contributed by atoms with van der Waals surface area (Å²) < 4.78 is 26.3. The summed E-state index contributed by atoms with van der Waals surface area (Å²) in [6.45, 7) is 0.259. The van der Waals surface area contributed by atoms with Crippen LogP contribution in [-0.2, 0) is 0 Å². The van der Waals surface area contributed by atoms with Crippen LogP contribution in [0.25, 0.3) is 0 Å². The molecule has 0 atom stereocenters. The van der Waals surface area contributed by atoms with Crippen LogP contribution in [0.1, 0.15) is 19.3 Å². The number of nitrogens with zero attached hydrogens (tertiary/aromatic N) is 2. The number of carbonyl (C=O) groups excluding carboxylic acids is 1. The molecule has 4 N–H and O–H groups in total. The van der Waals surface area contributed by atoms with Gasteiger partial charge in [0.1, 0.15) is 17.5 Å². The molecule has 2 rings (SSSR count). The molecular formula is C13H16F2N4O2. The zero-order valence-electron chi connectivity index (χ0n) is 11.2. The molecular weight excluding hydrogens is 282 g/mol. The Morgan fingerprint density at radius 1 is 1.48 bits per heavy atom. The fraction of sp³-hybridized carbons (Fsp3) is 0.385. The second kappa shape index (κ2) is 6.38. The van der Waals surface area contributed by atoms with Crippen LogP contribution < -0.4 is 11.1 Å². The molecule has 8 heteroatoms. The number of carbonyl (C=O) groups is 1. The van der Waals surface area contributed by atoms with Gasteiger partial charge in [0.15, 0.2) is 0 Å². The van der Waals surface area contributed by atoms with E-state index in [1.807, 2.05) is 0 Å². The van der Waals surface area contributed by atoms with E-state index in [9.17, 15) is 13.6 Å². The summed E-state index contributed by atoms with van der Waals surface area (Å²) >= 11 is 0. The number of benzene rings is 1. The third-order valence-corrected chi connectivity index (χ3v) is 3.16. The minimum absolute atomic E-state index is 0.0152. The smallest absolute Gasteiger partial charge is 0.322 e. The minimum atomic E-state index is -0.837. The van der Waals surface area contributed by atoms with Crippen molar-refractivity contribution < 1.29 is 18.8 Å². The van der Waals surface area contributed by atoms with Gasteiger partial charge in [-0.25, -0.2) is 13.6 Å². The first-order chi connectivity index (χ1) is 10.0. The van der Waals surface area contributed by atoms with Crippen LogP contribution in [0.5, 0.6) is 0 Å². The van der Waals surface area contributed by atoms with Crippen LogP contribution in [-0.4, -0.2) is 34.6 Å². The lowest BCUT2D eigenvalue weighted by Crippen LogP contribution is -2.39. The summed E-state index contributed by atoms with van der Waals surface area (Å²) in [5.41, 5.74) is 5.29. The molecule has 0 spiro atoms. The molecule has 0 heterocycles. The van der Waals surface area contributed by atoms with Gasteiger partial charge in [-0.05, 0) is 25.0 Å². The second-order valence-corrected chi connectivity index (χ2v) is 4.82. The van der Waals surface area contributed by atoms with Gasteiger partial charge in [-0.3, -0.25) is 0 Å². The Balaban J connectivity index is 2.01. The molecule has 0 saturated heterocycles. The molecule has 0 radical (unpaired) electrons. The van der Waals surface area contributed by atoms with Gasteiger partial charge in [0, 0.05) is 25.1 Å². The molecule has 2 amide bonds. The highest BCUT2D eigenvalue weighted by Gasteiger charge is 2.32. The number of hydrogen-bond donors (Lipinski definition) is 3. The Morgan fingerprint density at radius 3 is 2.76 bits per heavy atom. The third-order valence-electron chi connectivity index (χ3n) is 3.16. The monoisotopic (exact) mass is 298 g/mol. The first-order valence-corrected chi connectivity index (χ1v) is 6.50. The van der Waals surface area contributed by atoms with Gasteiger partial charge >= 0.3 is 6.03 Å². The number of oxime groups is 1. The lowest BCUT2D eigenvalue weighted by atomic mass is 10.3. The van der Waals surface area contributed by atoms with Crippen LogP contribution >= 0.6 is 0 Å². The van der Waals surface area contributed by atoms with E-state index < -0.39 is 17.7 Å². The molecule has 1 fully saturated rings. The Kier molecular flexibility index (Phi) is 4.56. The Labute approximate surface area is 120 Å². The molecule has 1 saturated carbocycles. The van der Waals surface area contributed by atoms with E-state index in [0.29, 0.717) is 6.07 Å². The van der Waals surface area contributed by atoms with Crippen molar-refractivity contribution in [2.75, 3.05) is 11.9 Å². The highest BCUT2D eigenvalue weighted by Crippen LogP contribution is 2.28. The summed E-state index contributed by atoms with van der Waals surface area (Å²) in [6, 6.07) is 2.51. The topological polar surface area (TPSA) is 91.0 Å². The fourth-order valence-corrected chi connectivity index (χ4v) is 1.90. The number of anilines is 1. The number of urea groups is 1. The van der Waals surface area contributed by atoms with Crippen molar-refractivity contribution in [3.63, 3.8) is 0 Å². The van der Waals surface area contributed by atoms with Gasteiger partial charge in [0.05, 0.1) is 5.69 Å². The minimum Gasteiger partial charge on any atom is -0.409 e. The van der Waals surface area contributed by atoms with Gasteiger partial charge in [0.2, 0.25) is 0 Å². The molecule has 1 aromatic rings.